The molecule has 0 aliphatic heterocycles. The van der Waals surface area contributed by atoms with E-state index in [4.69, 9.17) is 70.5 Å². The van der Waals surface area contributed by atoms with Crippen LogP contribution in [-0.4, -0.2) is 136 Å². The molecule has 0 radical (unpaired) electrons. The van der Waals surface area contributed by atoms with Crippen molar-refractivity contribution in [3.63, 3.8) is 0 Å². The zero-order chi connectivity index (χ0) is 67.0. The molecule has 6 heterocycles. The van der Waals surface area contributed by atoms with Gasteiger partial charge in [0.05, 0.1) is 58.9 Å². The molecule has 494 valence electrons. The van der Waals surface area contributed by atoms with E-state index in [2.05, 4.69) is 59.0 Å². The molecule has 0 saturated carbocycles. The van der Waals surface area contributed by atoms with Crippen LogP contribution in [0.3, 0.4) is 0 Å². The number of benzene rings is 4. The number of nitrogens with zero attached hydrogens (tertiary/aromatic N) is 12. The Kier molecular flexibility index (Phi) is 23.4. The maximum absolute atomic E-state index is 12.4. The minimum atomic E-state index is -0.514. The number of esters is 6. The van der Waals surface area contributed by atoms with Crippen LogP contribution in [0.1, 0.15) is 88.8 Å². The van der Waals surface area contributed by atoms with Crippen LogP contribution >= 0.6 is 0 Å². The Morgan fingerprint density at radius 2 is 0.594 bits per heavy atom. The second kappa shape index (κ2) is 33.6. The molecule has 10 rings (SSSR count). The summed E-state index contributed by atoms with van der Waals surface area (Å²) in [7, 11) is 0. The molecular formula is C66H62N12O18. The molecule has 4 aromatic carbocycles. The first kappa shape index (κ1) is 66.9. The molecule has 0 saturated heterocycles. The van der Waals surface area contributed by atoms with Crippen molar-refractivity contribution in [2.45, 2.75) is 90.4 Å². The van der Waals surface area contributed by atoms with Gasteiger partial charge in [0.1, 0.15) is 0 Å². The molecule has 30 nitrogen and oxygen atoms in total. The lowest BCUT2D eigenvalue weighted by Gasteiger charge is -2.04. The largest absolute Gasteiger partial charge is 0.466 e. The average Bonchev–Trinajstić information content (AvgIpc) is 1.64. The second-order valence-electron chi connectivity index (χ2n) is 20.9. The van der Waals surface area contributed by atoms with Crippen LogP contribution in [0.25, 0.3) is 103 Å². The number of ether oxygens (including phenoxy) is 6. The van der Waals surface area contributed by atoms with E-state index in [1.54, 1.807) is 97.9 Å². The van der Waals surface area contributed by atoms with Gasteiger partial charge in [0, 0.05) is 87.9 Å². The monoisotopic (exact) mass is 1310 g/mol. The van der Waals surface area contributed by atoms with E-state index < -0.39 is 29.8 Å². The third kappa shape index (κ3) is 19.1. The zero-order valence-electron chi connectivity index (χ0n) is 51.9. The third-order valence-corrected chi connectivity index (χ3v) is 13.9. The highest BCUT2D eigenvalue weighted by Gasteiger charge is 2.23. The summed E-state index contributed by atoms with van der Waals surface area (Å²) < 4.78 is 65.0. The molecule has 0 unspecified atom stereocenters. The van der Waals surface area contributed by atoms with Crippen molar-refractivity contribution in [3.8, 4) is 103 Å². The van der Waals surface area contributed by atoms with Gasteiger partial charge in [-0.3, -0.25) is 19.2 Å². The van der Waals surface area contributed by atoms with Gasteiger partial charge >= 0.3 is 35.8 Å². The topological polar surface area (TPSA) is 391 Å². The van der Waals surface area contributed by atoms with Gasteiger partial charge in [-0.05, 0) is 74.9 Å². The molecule has 0 aliphatic rings. The zero-order valence-corrected chi connectivity index (χ0v) is 51.9. The van der Waals surface area contributed by atoms with E-state index in [1.807, 2.05) is 0 Å². The summed E-state index contributed by atoms with van der Waals surface area (Å²) >= 11 is 0. The highest BCUT2D eigenvalue weighted by Crippen LogP contribution is 2.35. The van der Waals surface area contributed by atoms with Crippen molar-refractivity contribution in [1.82, 2.24) is 60.8 Å². The Labute approximate surface area is 545 Å². The molecule has 0 spiro atoms. The molecule has 0 aliphatic carbocycles. The lowest BCUT2D eigenvalue weighted by Crippen LogP contribution is -2.09. The van der Waals surface area contributed by atoms with Crippen LogP contribution in [0.2, 0.25) is 0 Å². The summed E-state index contributed by atoms with van der Waals surface area (Å²) in [6, 6.07) is 26.4. The van der Waals surface area contributed by atoms with Crippen LogP contribution in [0.5, 0.6) is 0 Å². The van der Waals surface area contributed by atoms with Gasteiger partial charge in [0.25, 0.3) is 17.7 Å². The predicted octanol–water partition coefficient (Wildman–Crippen LogP) is 10.2. The number of rotatable bonds is 36. The van der Waals surface area contributed by atoms with Gasteiger partial charge in [-0.1, -0.05) is 106 Å². The molecule has 30 heteroatoms. The van der Waals surface area contributed by atoms with E-state index in [1.165, 1.54) is 0 Å². The van der Waals surface area contributed by atoms with E-state index in [0.717, 1.165) is 12.2 Å². The fourth-order valence-corrected chi connectivity index (χ4v) is 8.95. The normalized spacial score (nSPS) is 11.1. The summed E-state index contributed by atoms with van der Waals surface area (Å²) in [5, 5.41) is 25.4. The first-order valence-electron chi connectivity index (χ1n) is 30.5. The molecule has 0 amide bonds. The summed E-state index contributed by atoms with van der Waals surface area (Å²) in [6.07, 6.45) is 6.09. The van der Waals surface area contributed by atoms with Gasteiger partial charge in [-0.15, -0.1) is 0 Å². The Bertz CT molecular complexity index is 4150. The Morgan fingerprint density at radius 3 is 0.875 bits per heavy atom. The average molecular weight is 1310 g/mol. The summed E-state index contributed by atoms with van der Waals surface area (Å²) in [4.78, 5) is 98.9. The Morgan fingerprint density at radius 1 is 0.344 bits per heavy atom. The molecule has 0 fully saturated rings. The van der Waals surface area contributed by atoms with Crippen molar-refractivity contribution in [3.05, 3.63) is 134 Å². The van der Waals surface area contributed by atoms with Gasteiger partial charge in [0.15, 0.2) is 0 Å². The molecule has 0 atom stereocenters. The van der Waals surface area contributed by atoms with E-state index in [-0.39, 0.29) is 154 Å². The molecule has 0 N–H and O–H groups in total. The summed E-state index contributed by atoms with van der Waals surface area (Å²) in [5.74, 6) is -0.302. The van der Waals surface area contributed by atoms with Crippen LogP contribution in [0.4, 0.5) is 0 Å². The Balaban J connectivity index is 0.840. The number of aromatic nitrogens is 12. The summed E-state index contributed by atoms with van der Waals surface area (Å²) in [6.45, 7) is 9.59. The molecule has 96 heavy (non-hydrogen) atoms. The number of carbonyl (C=O) groups excluding carboxylic acids is 6. The first-order valence-corrected chi connectivity index (χ1v) is 30.5. The highest BCUT2D eigenvalue weighted by atomic mass is 16.6. The predicted molar refractivity (Wildman–Crippen MR) is 332 cm³/mol. The smallest absolute Gasteiger partial charge is 0.330 e. The number of aryl methyl sites for hydroxylation is 3. The molecule has 10 aromatic rings. The van der Waals surface area contributed by atoms with Gasteiger partial charge in [0.2, 0.25) is 52.6 Å². The van der Waals surface area contributed by atoms with Crippen LogP contribution < -0.4 is 0 Å². The number of hydrogen-bond donors (Lipinski definition) is 0. The molecule has 6 aromatic heterocycles. The summed E-state index contributed by atoms with van der Waals surface area (Å²) in [5.41, 5.74) is 4.53. The molecule has 0 bridgehead atoms. The van der Waals surface area contributed by atoms with Crippen LogP contribution in [-0.2, 0) is 76.5 Å². The van der Waals surface area contributed by atoms with Crippen molar-refractivity contribution >= 4 is 35.8 Å². The van der Waals surface area contributed by atoms with Crippen molar-refractivity contribution in [2.75, 3.05) is 39.6 Å². The van der Waals surface area contributed by atoms with Crippen LogP contribution in [0.15, 0.2) is 143 Å². The Hall–Kier alpha value is -12.0. The van der Waals surface area contributed by atoms with Crippen LogP contribution in [0, 0.1) is 0 Å². The van der Waals surface area contributed by atoms with Gasteiger partial charge < -0.3 is 55.6 Å². The van der Waals surface area contributed by atoms with Gasteiger partial charge in [-0.2, -0.15) is 29.9 Å². The van der Waals surface area contributed by atoms with Gasteiger partial charge in [-0.25, -0.2) is 9.59 Å². The van der Waals surface area contributed by atoms with Crippen molar-refractivity contribution in [2.24, 2.45) is 0 Å². The van der Waals surface area contributed by atoms with Crippen molar-refractivity contribution < 1.29 is 84.3 Å². The number of unbranched alkanes of at least 4 members (excludes halogenated alkanes) is 3. The highest BCUT2D eigenvalue weighted by molar-refractivity contribution is 5.82. The fraction of sp³-hybridized carbons (Fsp3) is 0.303. The van der Waals surface area contributed by atoms with E-state index >= 15 is 0 Å². The molecular weight excluding hydrogens is 1250 g/mol. The quantitative estimate of drug-likeness (QED) is 0.0152. The number of carbonyl (C=O) groups is 6. The minimum absolute atomic E-state index is 0.00204. The SMILES string of the molecule is C=CC(=O)OCCCCOC(=O)CCc1nc(-c2cccc(-c3noc(-c4cc(-c5nc(-c6cccc(-c7noc(CCC(=O)OCCCCOC(=O)C=C)n7)c6)no5)cc(-c5nc(-c6cccc(-c7noc(CCC(=O)OCCCCOC(=O)CC)n7)c6)no5)c4)n3)c2)no1. The second-order valence-corrected chi connectivity index (χ2v) is 20.9. The van der Waals surface area contributed by atoms with E-state index in [9.17, 15) is 28.8 Å². The maximum Gasteiger partial charge on any atom is 0.330 e. The fourth-order valence-electron chi connectivity index (χ4n) is 8.95. The van der Waals surface area contributed by atoms with Crippen molar-refractivity contribution in [1.29, 1.82) is 0 Å². The third-order valence-electron chi connectivity index (χ3n) is 13.9. The number of hydrogen-bond acceptors (Lipinski definition) is 30. The first-order chi connectivity index (χ1) is 46.9. The minimum Gasteiger partial charge on any atom is -0.466 e. The van der Waals surface area contributed by atoms with E-state index in [0.29, 0.717) is 95.0 Å². The standard InChI is InChI=1S/C66H62N12O18/c1-4-52(79)85-28-7-10-31-88-55(82)25-22-49-67-58(73-91-49)40-16-13-19-43(34-40)61-70-64(94-76-61)46-37-47(65-71-62(77-95-65)44-20-14-17-41(35-44)59-68-50(92-74-59)23-26-56(83)89-32-11-8-29-86-53(80)5-2)39-48(38-46)66-72-63(78-96-66)45-21-15-18-42(36-45)60-69-51(93-75-60)24-27-57(84)90-33-12-9-30-87-54(81)6-3/h4-5,13-21,34-39H,1-2,6-12,22-33H2,3H3. The lowest BCUT2D eigenvalue weighted by molar-refractivity contribution is -0.146. The lowest BCUT2D eigenvalue weighted by atomic mass is 10.0. The maximum atomic E-state index is 12.4.